The van der Waals surface area contributed by atoms with Crippen LogP contribution in [0.2, 0.25) is 0 Å². The molecule has 3 nitrogen and oxygen atoms in total. The summed E-state index contributed by atoms with van der Waals surface area (Å²) in [6, 6.07) is 0. The number of allylic oxidation sites excluding steroid dienone is 3. The van der Waals surface area contributed by atoms with Crippen LogP contribution in [-0.2, 0) is 9.47 Å². The lowest BCUT2D eigenvalue weighted by atomic mass is 10.0. The third-order valence-corrected chi connectivity index (χ3v) is 2.64. The van der Waals surface area contributed by atoms with Crippen molar-refractivity contribution in [3.8, 4) is 0 Å². The van der Waals surface area contributed by atoms with Gasteiger partial charge in [0.1, 0.15) is 0 Å². The van der Waals surface area contributed by atoms with Crippen molar-refractivity contribution >= 4 is 11.6 Å². The summed E-state index contributed by atoms with van der Waals surface area (Å²) in [7, 11) is 0. The van der Waals surface area contributed by atoms with Crippen molar-refractivity contribution < 1.29 is 9.47 Å². The third kappa shape index (κ3) is 7.42. The van der Waals surface area contributed by atoms with Crippen molar-refractivity contribution in [2.45, 2.75) is 13.3 Å². The van der Waals surface area contributed by atoms with Gasteiger partial charge in [0, 0.05) is 18.1 Å². The summed E-state index contributed by atoms with van der Waals surface area (Å²) in [5, 5.41) is 3.33. The van der Waals surface area contributed by atoms with Gasteiger partial charge in [0.2, 0.25) is 0 Å². The smallest absolute Gasteiger partial charge is 0.0701 e. The van der Waals surface area contributed by atoms with Crippen LogP contribution < -0.4 is 5.32 Å². The molecule has 0 heterocycles. The Bertz CT molecular complexity index is 254. The Labute approximate surface area is 109 Å². The van der Waals surface area contributed by atoms with Crippen molar-refractivity contribution in [1.82, 2.24) is 5.32 Å². The summed E-state index contributed by atoms with van der Waals surface area (Å²) in [6.07, 6.45) is 7.71. The Kier molecular flexibility index (Phi) is 8.14. The van der Waals surface area contributed by atoms with Crippen LogP contribution in [-0.4, -0.2) is 38.9 Å². The van der Waals surface area contributed by atoms with E-state index < -0.39 is 0 Å². The van der Waals surface area contributed by atoms with Gasteiger partial charge in [0.25, 0.3) is 0 Å². The molecule has 1 aliphatic carbocycles. The first-order chi connectivity index (χ1) is 8.33. The molecule has 1 aliphatic rings. The van der Waals surface area contributed by atoms with E-state index in [0.29, 0.717) is 38.2 Å². The quantitative estimate of drug-likeness (QED) is 0.509. The summed E-state index contributed by atoms with van der Waals surface area (Å²) in [4.78, 5) is 0. The van der Waals surface area contributed by atoms with Crippen LogP contribution in [0.15, 0.2) is 23.9 Å². The summed E-state index contributed by atoms with van der Waals surface area (Å²) in [5.41, 5.74) is 1.20. The molecule has 1 rings (SSSR count). The standard InChI is InChI=1S/C13H22ClNO2/c1-12-2-4-13(5-3-12)15-7-9-17-11-10-16-8-6-14/h2,4-5,12,15H,3,6-11H2,1H3. The molecule has 0 fully saturated rings. The van der Waals surface area contributed by atoms with Crippen molar-refractivity contribution in [2.24, 2.45) is 5.92 Å². The molecule has 0 aliphatic heterocycles. The Hall–Kier alpha value is -0.510. The van der Waals surface area contributed by atoms with Gasteiger partial charge >= 0.3 is 0 Å². The highest BCUT2D eigenvalue weighted by Crippen LogP contribution is 2.13. The maximum Gasteiger partial charge on any atom is 0.0701 e. The minimum absolute atomic E-state index is 0.542. The van der Waals surface area contributed by atoms with Gasteiger partial charge in [-0.05, 0) is 18.4 Å². The van der Waals surface area contributed by atoms with Gasteiger partial charge in [-0.25, -0.2) is 0 Å². The maximum atomic E-state index is 5.47. The van der Waals surface area contributed by atoms with Crippen LogP contribution in [0.5, 0.6) is 0 Å². The summed E-state index contributed by atoms with van der Waals surface area (Å²) >= 11 is 5.47. The number of alkyl halides is 1. The van der Waals surface area contributed by atoms with Crippen LogP contribution in [0.25, 0.3) is 0 Å². The van der Waals surface area contributed by atoms with Gasteiger partial charge in [0.05, 0.1) is 26.4 Å². The molecule has 1 N–H and O–H groups in total. The Balaban J connectivity index is 1.89. The van der Waals surface area contributed by atoms with Crippen LogP contribution in [0.1, 0.15) is 13.3 Å². The van der Waals surface area contributed by atoms with Crippen molar-refractivity contribution in [2.75, 3.05) is 38.9 Å². The van der Waals surface area contributed by atoms with Crippen LogP contribution in [0.3, 0.4) is 0 Å². The molecule has 0 aromatic rings. The fourth-order valence-electron chi connectivity index (χ4n) is 1.50. The molecular weight excluding hydrogens is 238 g/mol. The van der Waals surface area contributed by atoms with E-state index in [2.05, 4.69) is 30.5 Å². The molecule has 0 bridgehead atoms. The molecule has 98 valence electrons. The zero-order chi connectivity index (χ0) is 12.3. The van der Waals surface area contributed by atoms with Crippen molar-refractivity contribution in [1.29, 1.82) is 0 Å². The Morgan fingerprint density at radius 3 is 2.71 bits per heavy atom. The van der Waals surface area contributed by atoms with E-state index in [0.717, 1.165) is 13.0 Å². The maximum absolute atomic E-state index is 5.47. The van der Waals surface area contributed by atoms with Crippen LogP contribution in [0.4, 0.5) is 0 Å². The number of ether oxygens (including phenoxy) is 2. The highest BCUT2D eigenvalue weighted by molar-refractivity contribution is 6.17. The molecule has 0 saturated heterocycles. The molecule has 17 heavy (non-hydrogen) atoms. The predicted molar refractivity (Wildman–Crippen MR) is 71.4 cm³/mol. The first kappa shape index (κ1) is 14.6. The van der Waals surface area contributed by atoms with E-state index in [4.69, 9.17) is 21.1 Å². The molecule has 0 aromatic carbocycles. The van der Waals surface area contributed by atoms with E-state index in [1.165, 1.54) is 5.70 Å². The molecule has 1 atom stereocenters. The van der Waals surface area contributed by atoms with E-state index in [9.17, 15) is 0 Å². The van der Waals surface area contributed by atoms with Gasteiger partial charge in [-0.15, -0.1) is 11.6 Å². The van der Waals surface area contributed by atoms with E-state index >= 15 is 0 Å². The summed E-state index contributed by atoms with van der Waals surface area (Å²) in [5.74, 6) is 1.20. The van der Waals surface area contributed by atoms with Crippen molar-refractivity contribution in [3.63, 3.8) is 0 Å². The Morgan fingerprint density at radius 2 is 2.06 bits per heavy atom. The SMILES string of the molecule is CC1C=CC(NCCOCCOCCCl)=CC1. The van der Waals surface area contributed by atoms with Gasteiger partial charge in [-0.3, -0.25) is 0 Å². The average Bonchev–Trinajstić information content (AvgIpc) is 2.35. The van der Waals surface area contributed by atoms with Gasteiger partial charge < -0.3 is 14.8 Å². The number of rotatable bonds is 9. The van der Waals surface area contributed by atoms with Gasteiger partial charge in [-0.2, -0.15) is 0 Å². The lowest BCUT2D eigenvalue weighted by Crippen LogP contribution is -2.20. The molecule has 0 saturated carbocycles. The van der Waals surface area contributed by atoms with Gasteiger partial charge in [0.15, 0.2) is 0 Å². The molecule has 0 spiro atoms. The zero-order valence-corrected chi connectivity index (χ0v) is 11.2. The van der Waals surface area contributed by atoms with E-state index in [1.807, 2.05) is 0 Å². The lowest BCUT2D eigenvalue weighted by molar-refractivity contribution is 0.0553. The number of hydrogen-bond acceptors (Lipinski definition) is 3. The summed E-state index contributed by atoms with van der Waals surface area (Å²) in [6.45, 7) is 5.59. The topological polar surface area (TPSA) is 30.5 Å². The minimum atomic E-state index is 0.542. The summed E-state index contributed by atoms with van der Waals surface area (Å²) < 4.78 is 10.6. The normalized spacial score (nSPS) is 19.2. The van der Waals surface area contributed by atoms with E-state index in [-0.39, 0.29) is 0 Å². The number of hydrogen-bond donors (Lipinski definition) is 1. The monoisotopic (exact) mass is 259 g/mol. The van der Waals surface area contributed by atoms with Crippen LogP contribution in [0, 0.1) is 5.92 Å². The molecular formula is C13H22ClNO2. The van der Waals surface area contributed by atoms with Crippen LogP contribution >= 0.6 is 11.6 Å². The first-order valence-electron chi connectivity index (χ1n) is 6.16. The lowest BCUT2D eigenvalue weighted by Gasteiger charge is -2.13. The number of nitrogens with one attached hydrogen (secondary N) is 1. The van der Waals surface area contributed by atoms with Gasteiger partial charge in [-0.1, -0.05) is 19.1 Å². The molecule has 0 aromatic heterocycles. The average molecular weight is 260 g/mol. The predicted octanol–water partition coefficient (Wildman–Crippen LogP) is 2.33. The second-order valence-electron chi connectivity index (χ2n) is 4.07. The largest absolute Gasteiger partial charge is 0.383 e. The van der Waals surface area contributed by atoms with Crippen molar-refractivity contribution in [3.05, 3.63) is 23.9 Å². The molecule has 0 amide bonds. The fourth-order valence-corrected chi connectivity index (χ4v) is 1.61. The third-order valence-electron chi connectivity index (χ3n) is 2.48. The molecule has 4 heteroatoms. The Morgan fingerprint density at radius 1 is 1.29 bits per heavy atom. The highest BCUT2D eigenvalue weighted by Gasteiger charge is 2.02. The first-order valence-corrected chi connectivity index (χ1v) is 6.70. The zero-order valence-electron chi connectivity index (χ0n) is 10.5. The van der Waals surface area contributed by atoms with E-state index in [1.54, 1.807) is 0 Å². The fraction of sp³-hybridized carbons (Fsp3) is 0.692. The second-order valence-corrected chi connectivity index (χ2v) is 4.45. The molecule has 0 radical (unpaired) electrons. The molecule has 1 unspecified atom stereocenters. The second kappa shape index (κ2) is 9.51. The highest BCUT2D eigenvalue weighted by atomic mass is 35.5. The minimum Gasteiger partial charge on any atom is -0.383 e. The number of halogens is 1.